The number of hydrogen-bond donors (Lipinski definition) is 4. The van der Waals surface area contributed by atoms with E-state index in [9.17, 15) is 33.1 Å². The number of carboxylic acids is 1. The Morgan fingerprint density at radius 1 is 0.595 bits per heavy atom. The lowest BCUT2D eigenvalue weighted by Gasteiger charge is -2.39. The van der Waals surface area contributed by atoms with Crippen LogP contribution in [-0.4, -0.2) is 98.7 Å². The maximum Gasteiger partial charge on any atom is 0.308 e. The SMILES string of the molecule is Cc1cc(-c2nn(C)c3ccc(C(=O)NCC(=O)C4CCC5CCC4N5Cc4ccccc4F)cc23)ccn1.Cc1cc(-c2nn(C)c3ccc(C(=O)NN)cc23)ccn1.O=C(O)C1CCC2CCC1N2Cc1ccccc1F. The monoisotopic (exact) mass is 1070 g/mol. The van der Waals surface area contributed by atoms with E-state index in [0.717, 1.165) is 107 Å². The Morgan fingerprint density at radius 2 is 1.05 bits per heavy atom. The molecule has 4 fully saturated rings. The number of carbonyl (C=O) groups is 4. The first kappa shape index (κ1) is 54.3. The van der Waals surface area contributed by atoms with Gasteiger partial charge in [0.1, 0.15) is 23.0 Å². The minimum absolute atomic E-state index is 0.0142. The number of aryl methyl sites for hydroxylation is 4. The quantitative estimate of drug-likeness (QED) is 0.0514. The number of fused-ring (bicyclic) bond motifs is 6. The molecule has 2 amide bonds. The molecule has 8 aromatic rings. The van der Waals surface area contributed by atoms with Crippen LogP contribution in [0.4, 0.5) is 8.78 Å². The van der Waals surface area contributed by atoms with Gasteiger partial charge in [-0.3, -0.25) is 53.7 Å². The highest BCUT2D eigenvalue weighted by Gasteiger charge is 2.46. The Balaban J connectivity index is 0.000000148. The molecular weight excluding hydrogens is 1000 g/mol. The topological polar surface area (TPSA) is 206 Å². The van der Waals surface area contributed by atoms with Crippen molar-refractivity contribution in [3.05, 3.63) is 167 Å². The number of carbonyl (C=O) groups excluding carboxylic acids is 3. The van der Waals surface area contributed by atoms with Crippen molar-refractivity contribution in [3.8, 4) is 22.5 Å². The zero-order chi connectivity index (χ0) is 55.5. The first-order chi connectivity index (χ1) is 38.1. The summed E-state index contributed by atoms with van der Waals surface area (Å²) < 4.78 is 31.7. The molecule has 8 heterocycles. The summed E-state index contributed by atoms with van der Waals surface area (Å²) >= 11 is 0. The van der Waals surface area contributed by atoms with Crippen LogP contribution < -0.4 is 16.6 Å². The fourth-order valence-electron chi connectivity index (χ4n) is 12.5. The zero-order valence-electron chi connectivity index (χ0n) is 44.8. The van der Waals surface area contributed by atoms with Gasteiger partial charge in [0.05, 0.1) is 23.5 Å². The molecule has 0 spiro atoms. The van der Waals surface area contributed by atoms with Crippen molar-refractivity contribution in [2.75, 3.05) is 6.54 Å². The standard InChI is InChI=1S/C31H32FN5O2.C15H18FNO2.C15H15N5O/c1-19-15-20(13-14-33-19)30-25-16-21(7-11-27(25)36(2)35-30)31(39)34-17-29(38)24-10-8-23-9-12-28(24)37(23)18-22-5-3-4-6-26(22)32;16-13-4-2-1-3-10(13)9-17-11-5-7-12(15(18)19)14(17)8-6-11;1-9-7-10(5-6-17-9)14-12-8-11(15(21)18-16)3-4-13(12)20(2)19-14/h3-7,11,13-16,23-24,28H,8-10,12,17-18H2,1-2H3,(H,34,39);1-4,11-12,14H,5-9H2,(H,18,19);3-8H,16H2,1-2H3,(H,18,21). The van der Waals surface area contributed by atoms with Crippen molar-refractivity contribution in [2.45, 2.75) is 102 Å². The van der Waals surface area contributed by atoms with Crippen molar-refractivity contribution in [1.82, 2.24) is 50.1 Å². The lowest BCUT2D eigenvalue weighted by Crippen LogP contribution is -2.48. The van der Waals surface area contributed by atoms with Crippen LogP contribution in [0.15, 0.2) is 122 Å². The summed E-state index contributed by atoms with van der Waals surface area (Å²) in [5.74, 6) is 3.09. The van der Waals surface area contributed by atoms with E-state index in [4.69, 9.17) is 5.84 Å². The van der Waals surface area contributed by atoms with Gasteiger partial charge in [-0.05, 0) is 138 Å². The molecule has 6 atom stereocenters. The first-order valence-electron chi connectivity index (χ1n) is 27.0. The van der Waals surface area contributed by atoms with Crippen molar-refractivity contribution >= 4 is 45.4 Å². The number of rotatable bonds is 12. The Morgan fingerprint density at radius 3 is 1.52 bits per heavy atom. The fraction of sp³-hybridized carbons (Fsp3) is 0.344. The molecule has 5 N–H and O–H groups in total. The molecule has 4 bridgehead atoms. The number of nitrogens with two attached hydrogens (primary N) is 1. The van der Waals surface area contributed by atoms with Gasteiger partial charge in [-0.1, -0.05) is 36.4 Å². The van der Waals surface area contributed by atoms with E-state index in [1.807, 2.05) is 88.6 Å². The average molecular weight is 1070 g/mol. The van der Waals surface area contributed by atoms with E-state index >= 15 is 0 Å². The molecule has 0 radical (unpaired) electrons. The number of hydrogen-bond acceptors (Lipinski definition) is 11. The molecule has 18 heteroatoms. The van der Waals surface area contributed by atoms with Gasteiger partial charge in [0, 0.05) is 125 Å². The van der Waals surface area contributed by atoms with E-state index in [1.54, 1.807) is 58.2 Å². The lowest BCUT2D eigenvalue weighted by atomic mass is 9.86. The number of aromatic nitrogens is 6. The number of pyridine rings is 2. The van der Waals surface area contributed by atoms with Crippen LogP contribution in [0.3, 0.4) is 0 Å². The summed E-state index contributed by atoms with van der Waals surface area (Å²) in [4.78, 5) is 62.5. The number of nitrogens with zero attached hydrogens (tertiary/aromatic N) is 8. The van der Waals surface area contributed by atoms with Crippen LogP contribution in [0.1, 0.15) is 94.6 Å². The number of aliphatic carboxylic acids is 1. The first-order valence-corrected chi connectivity index (χ1v) is 27.0. The number of halogens is 2. The Labute approximate surface area is 457 Å². The third kappa shape index (κ3) is 11.6. The maximum absolute atomic E-state index is 14.3. The van der Waals surface area contributed by atoms with Gasteiger partial charge in [-0.15, -0.1) is 0 Å². The van der Waals surface area contributed by atoms with Gasteiger partial charge in [0.25, 0.3) is 11.8 Å². The number of nitrogens with one attached hydrogen (secondary N) is 2. The number of carboxylic acid groups (broad SMARTS) is 1. The Kier molecular flexibility index (Phi) is 16.2. The average Bonchev–Trinajstić information content (AvgIpc) is 4.25. The maximum atomic E-state index is 14.3. The zero-order valence-corrected chi connectivity index (χ0v) is 44.8. The molecule has 4 aromatic carbocycles. The summed E-state index contributed by atoms with van der Waals surface area (Å²) in [6.07, 6.45) is 10.8. The number of hydrazine groups is 1. The van der Waals surface area contributed by atoms with Gasteiger partial charge in [0.15, 0.2) is 5.78 Å². The van der Waals surface area contributed by atoms with Crippen LogP contribution in [0.2, 0.25) is 0 Å². The highest BCUT2D eigenvalue weighted by Crippen LogP contribution is 2.42. The summed E-state index contributed by atoms with van der Waals surface area (Å²) in [7, 11) is 3.76. The summed E-state index contributed by atoms with van der Waals surface area (Å²) in [6.45, 7) is 4.90. The second-order valence-corrected chi connectivity index (χ2v) is 21.2. The molecule has 79 heavy (non-hydrogen) atoms. The second-order valence-electron chi connectivity index (χ2n) is 21.2. The van der Waals surface area contributed by atoms with Gasteiger partial charge >= 0.3 is 5.97 Å². The van der Waals surface area contributed by atoms with Crippen molar-refractivity contribution in [2.24, 2.45) is 31.8 Å². The van der Waals surface area contributed by atoms with Crippen molar-refractivity contribution in [3.63, 3.8) is 0 Å². The molecule has 4 aromatic heterocycles. The predicted octanol–water partition coefficient (Wildman–Crippen LogP) is 9.03. The molecule has 4 aliphatic rings. The highest BCUT2D eigenvalue weighted by molar-refractivity contribution is 6.03. The molecule has 4 saturated heterocycles. The molecule has 408 valence electrons. The van der Waals surface area contributed by atoms with Crippen LogP contribution in [-0.2, 0) is 36.8 Å². The molecular formula is C61H65F2N11O5. The third-order valence-corrected chi connectivity index (χ3v) is 16.4. The largest absolute Gasteiger partial charge is 0.481 e. The molecule has 16 nitrogen and oxygen atoms in total. The van der Waals surface area contributed by atoms with E-state index in [-0.39, 0.29) is 59.7 Å². The molecule has 0 saturated carbocycles. The number of nitrogen functional groups attached to an aromatic ring is 1. The molecule has 6 unspecified atom stereocenters. The molecule has 12 rings (SSSR count). The Hall–Kier alpha value is -8.06. The number of Topliss-reactive ketones (excluding diaryl/α,β-unsaturated/α-hetero) is 1. The smallest absolute Gasteiger partial charge is 0.308 e. The number of ketones is 1. The van der Waals surface area contributed by atoms with Gasteiger partial charge in [-0.2, -0.15) is 10.2 Å². The third-order valence-electron chi connectivity index (χ3n) is 16.4. The number of amides is 2. The minimum Gasteiger partial charge on any atom is -0.481 e. The van der Waals surface area contributed by atoms with E-state index in [1.165, 1.54) is 12.1 Å². The normalized spacial score (nSPS) is 20.5. The van der Waals surface area contributed by atoms with Gasteiger partial charge in [0.2, 0.25) is 0 Å². The van der Waals surface area contributed by atoms with Crippen molar-refractivity contribution in [1.29, 1.82) is 0 Å². The Bertz CT molecular complexity index is 3580. The predicted molar refractivity (Wildman–Crippen MR) is 297 cm³/mol. The van der Waals surface area contributed by atoms with Crippen molar-refractivity contribution < 1.29 is 33.1 Å². The summed E-state index contributed by atoms with van der Waals surface area (Å²) in [6, 6.07) is 33.3. The number of benzene rings is 4. The van der Waals surface area contributed by atoms with Crippen LogP contribution >= 0.6 is 0 Å². The minimum atomic E-state index is -0.705. The van der Waals surface area contributed by atoms with E-state index < -0.39 is 5.97 Å². The van der Waals surface area contributed by atoms with Gasteiger partial charge < -0.3 is 10.4 Å². The summed E-state index contributed by atoms with van der Waals surface area (Å²) in [5, 5.41) is 23.2. The van der Waals surface area contributed by atoms with E-state index in [0.29, 0.717) is 47.4 Å². The lowest BCUT2D eigenvalue weighted by molar-refractivity contribution is -0.146. The van der Waals surface area contributed by atoms with Gasteiger partial charge in [-0.25, -0.2) is 14.6 Å². The summed E-state index contributed by atoms with van der Waals surface area (Å²) in [5.41, 5.74) is 11.7. The van der Waals surface area contributed by atoms with Crippen LogP contribution in [0.5, 0.6) is 0 Å². The molecule has 4 aliphatic heterocycles. The van der Waals surface area contributed by atoms with Crippen LogP contribution in [0, 0.1) is 37.3 Å². The number of piperidine rings is 2. The van der Waals surface area contributed by atoms with E-state index in [2.05, 4.69) is 40.7 Å². The molecule has 0 aliphatic carbocycles. The fourth-order valence-corrected chi connectivity index (χ4v) is 12.5. The van der Waals surface area contributed by atoms with Crippen LogP contribution in [0.25, 0.3) is 44.3 Å². The second kappa shape index (κ2) is 23.5. The highest BCUT2D eigenvalue weighted by atomic mass is 19.1.